The maximum absolute atomic E-state index is 12.0. The Morgan fingerprint density at radius 3 is 2.32 bits per heavy atom. The lowest BCUT2D eigenvalue weighted by molar-refractivity contribution is 0.0352. The zero-order valence-corrected chi connectivity index (χ0v) is 19.3. The predicted octanol–water partition coefficient (Wildman–Crippen LogP) is 3.15. The van der Waals surface area contributed by atoms with Gasteiger partial charge in [-0.3, -0.25) is 9.80 Å². The fourth-order valence-corrected chi connectivity index (χ4v) is 5.46. The number of likely N-dealkylation sites (tertiary alicyclic amines) is 2. The van der Waals surface area contributed by atoms with E-state index < -0.39 is 0 Å². The van der Waals surface area contributed by atoms with Crippen LogP contribution in [0.3, 0.4) is 0 Å². The second-order valence-electron chi connectivity index (χ2n) is 8.90. The summed E-state index contributed by atoms with van der Waals surface area (Å²) in [6.45, 7) is 8.32. The van der Waals surface area contributed by atoms with Crippen LogP contribution in [0.5, 0.6) is 11.5 Å². The van der Waals surface area contributed by atoms with Gasteiger partial charge in [-0.15, -0.1) is 0 Å². The van der Waals surface area contributed by atoms with Crippen molar-refractivity contribution in [3.63, 3.8) is 0 Å². The summed E-state index contributed by atoms with van der Waals surface area (Å²) in [6.07, 6.45) is 5.51. The van der Waals surface area contributed by atoms with E-state index in [0.29, 0.717) is 18.7 Å². The van der Waals surface area contributed by atoms with E-state index in [1.807, 2.05) is 11.8 Å². The first-order chi connectivity index (χ1) is 15.1. The van der Waals surface area contributed by atoms with Crippen molar-refractivity contribution in [3.05, 3.63) is 23.3 Å². The molecule has 172 valence electrons. The number of methoxy groups -OCH3 is 2. The van der Waals surface area contributed by atoms with E-state index in [9.17, 15) is 4.79 Å². The van der Waals surface area contributed by atoms with E-state index in [1.165, 1.54) is 30.5 Å². The van der Waals surface area contributed by atoms with Crippen LogP contribution in [0.1, 0.15) is 43.7 Å². The molecule has 0 spiro atoms. The van der Waals surface area contributed by atoms with Crippen molar-refractivity contribution in [2.75, 3.05) is 53.6 Å². The van der Waals surface area contributed by atoms with Gasteiger partial charge in [-0.1, -0.05) is 0 Å². The van der Waals surface area contributed by atoms with E-state index >= 15 is 0 Å². The van der Waals surface area contributed by atoms with Crippen molar-refractivity contribution < 1.29 is 19.0 Å². The Morgan fingerprint density at radius 1 is 0.935 bits per heavy atom. The van der Waals surface area contributed by atoms with Gasteiger partial charge in [0.15, 0.2) is 11.5 Å². The Labute approximate surface area is 186 Å². The number of carbonyl (C=O) groups is 1. The van der Waals surface area contributed by atoms with Gasteiger partial charge in [-0.05, 0) is 68.8 Å². The molecule has 7 heteroatoms. The summed E-state index contributed by atoms with van der Waals surface area (Å²) < 4.78 is 16.2. The summed E-state index contributed by atoms with van der Waals surface area (Å²) in [5, 5.41) is 0. The molecule has 0 aromatic heterocycles. The SMILES string of the molecule is CCOC(=O)N1CCC(N2CCCC(N3CCc4cc(OC)c(OC)cc4C3)C2)CC1. The number of ether oxygens (including phenoxy) is 3. The van der Waals surface area contributed by atoms with Crippen LogP contribution < -0.4 is 9.47 Å². The Hall–Kier alpha value is -1.99. The van der Waals surface area contributed by atoms with Gasteiger partial charge < -0.3 is 19.1 Å². The van der Waals surface area contributed by atoms with Gasteiger partial charge in [0.2, 0.25) is 0 Å². The van der Waals surface area contributed by atoms with Gasteiger partial charge in [-0.2, -0.15) is 0 Å². The van der Waals surface area contributed by atoms with Crippen LogP contribution in [-0.2, 0) is 17.7 Å². The summed E-state index contributed by atoms with van der Waals surface area (Å²) in [6, 6.07) is 5.48. The van der Waals surface area contributed by atoms with E-state index in [1.54, 1.807) is 14.2 Å². The standard InChI is InChI=1S/C24H37N3O4/c1-4-31-24(28)25-12-8-20(9-13-25)26-10-5-6-21(17-26)27-11-7-18-14-22(29-2)23(30-3)15-19(18)16-27/h14-15,20-21H,4-13,16-17H2,1-3H3. The number of nitrogens with zero attached hydrogens (tertiary/aromatic N) is 3. The van der Waals surface area contributed by atoms with Crippen LogP contribution in [0, 0.1) is 0 Å². The normalized spacial score (nSPS) is 23.3. The third kappa shape index (κ3) is 4.93. The summed E-state index contributed by atoms with van der Waals surface area (Å²) in [5.41, 5.74) is 2.75. The molecule has 2 fully saturated rings. The Kier molecular flexibility index (Phi) is 7.23. The van der Waals surface area contributed by atoms with Crippen LogP contribution in [0.25, 0.3) is 0 Å². The molecule has 31 heavy (non-hydrogen) atoms. The molecule has 1 unspecified atom stereocenters. The van der Waals surface area contributed by atoms with Gasteiger partial charge in [0.25, 0.3) is 0 Å². The first-order valence-corrected chi connectivity index (χ1v) is 11.8. The number of piperidine rings is 2. The predicted molar refractivity (Wildman–Crippen MR) is 120 cm³/mol. The molecule has 1 amide bonds. The molecule has 3 aliphatic rings. The third-order valence-corrected chi connectivity index (χ3v) is 7.20. The lowest BCUT2D eigenvalue weighted by Gasteiger charge is -2.45. The highest BCUT2D eigenvalue weighted by Gasteiger charge is 2.33. The molecule has 0 aliphatic carbocycles. The fraction of sp³-hybridized carbons (Fsp3) is 0.708. The number of fused-ring (bicyclic) bond motifs is 1. The van der Waals surface area contributed by atoms with E-state index in [2.05, 4.69) is 21.9 Å². The number of carbonyl (C=O) groups excluding carboxylic acids is 1. The minimum absolute atomic E-state index is 0.156. The van der Waals surface area contributed by atoms with E-state index in [4.69, 9.17) is 14.2 Å². The van der Waals surface area contributed by atoms with Gasteiger partial charge in [-0.25, -0.2) is 4.79 Å². The smallest absolute Gasteiger partial charge is 0.409 e. The Morgan fingerprint density at radius 2 is 1.65 bits per heavy atom. The molecular weight excluding hydrogens is 394 g/mol. The average Bonchev–Trinajstić information content (AvgIpc) is 2.83. The number of amides is 1. The van der Waals surface area contributed by atoms with Crippen LogP contribution in [0.2, 0.25) is 0 Å². The second-order valence-corrected chi connectivity index (χ2v) is 8.90. The molecule has 7 nitrogen and oxygen atoms in total. The number of benzene rings is 1. The first kappa shape index (κ1) is 22.2. The van der Waals surface area contributed by atoms with Crippen molar-refractivity contribution in [1.82, 2.24) is 14.7 Å². The van der Waals surface area contributed by atoms with Crippen LogP contribution in [-0.4, -0.2) is 86.4 Å². The minimum atomic E-state index is -0.156. The topological polar surface area (TPSA) is 54.5 Å². The largest absolute Gasteiger partial charge is 0.493 e. The monoisotopic (exact) mass is 431 g/mol. The molecule has 0 bridgehead atoms. The third-order valence-electron chi connectivity index (χ3n) is 7.20. The number of rotatable bonds is 5. The summed E-state index contributed by atoms with van der Waals surface area (Å²) in [7, 11) is 3.41. The van der Waals surface area contributed by atoms with Gasteiger partial charge >= 0.3 is 6.09 Å². The molecule has 3 heterocycles. The van der Waals surface area contributed by atoms with Crippen molar-refractivity contribution in [2.45, 2.75) is 57.7 Å². The molecule has 1 atom stereocenters. The summed E-state index contributed by atoms with van der Waals surface area (Å²) >= 11 is 0. The lowest BCUT2D eigenvalue weighted by atomic mass is 9.93. The summed E-state index contributed by atoms with van der Waals surface area (Å²) in [4.78, 5) is 19.2. The van der Waals surface area contributed by atoms with Crippen LogP contribution in [0.15, 0.2) is 12.1 Å². The number of hydrogen-bond donors (Lipinski definition) is 0. The van der Waals surface area contributed by atoms with E-state index in [-0.39, 0.29) is 6.09 Å². The fourth-order valence-electron chi connectivity index (χ4n) is 5.46. The van der Waals surface area contributed by atoms with Crippen molar-refractivity contribution in [1.29, 1.82) is 0 Å². The Bertz CT molecular complexity index is 763. The van der Waals surface area contributed by atoms with Crippen LogP contribution >= 0.6 is 0 Å². The zero-order valence-electron chi connectivity index (χ0n) is 19.3. The minimum Gasteiger partial charge on any atom is -0.493 e. The molecule has 3 aliphatic heterocycles. The second kappa shape index (κ2) is 10.1. The maximum Gasteiger partial charge on any atom is 0.409 e. The van der Waals surface area contributed by atoms with Crippen molar-refractivity contribution >= 4 is 6.09 Å². The molecule has 2 saturated heterocycles. The molecule has 1 aromatic rings. The summed E-state index contributed by atoms with van der Waals surface area (Å²) in [5.74, 6) is 1.65. The average molecular weight is 432 g/mol. The van der Waals surface area contributed by atoms with Gasteiger partial charge in [0.05, 0.1) is 20.8 Å². The van der Waals surface area contributed by atoms with Crippen molar-refractivity contribution in [2.24, 2.45) is 0 Å². The van der Waals surface area contributed by atoms with Gasteiger partial charge in [0, 0.05) is 44.8 Å². The highest BCUT2D eigenvalue weighted by molar-refractivity contribution is 5.67. The quantitative estimate of drug-likeness (QED) is 0.714. The molecule has 0 N–H and O–H groups in total. The zero-order chi connectivity index (χ0) is 21.8. The van der Waals surface area contributed by atoms with Gasteiger partial charge in [0.1, 0.15) is 0 Å². The molecule has 1 aromatic carbocycles. The highest BCUT2D eigenvalue weighted by atomic mass is 16.6. The molecular formula is C24H37N3O4. The maximum atomic E-state index is 12.0. The van der Waals surface area contributed by atoms with Crippen molar-refractivity contribution in [3.8, 4) is 11.5 Å². The molecule has 0 radical (unpaired) electrons. The molecule has 0 saturated carbocycles. The van der Waals surface area contributed by atoms with Crippen LogP contribution in [0.4, 0.5) is 4.79 Å². The highest BCUT2D eigenvalue weighted by Crippen LogP contribution is 2.34. The Balaban J connectivity index is 1.35. The molecule has 4 rings (SSSR count). The number of hydrogen-bond acceptors (Lipinski definition) is 6. The first-order valence-electron chi connectivity index (χ1n) is 11.8. The van der Waals surface area contributed by atoms with E-state index in [0.717, 1.165) is 63.5 Å². The lowest BCUT2D eigenvalue weighted by Crippen LogP contribution is -2.54.